The Bertz CT molecular complexity index is 1120. The number of carbonyl (C=O) groups is 1. The number of ether oxygens (including phenoxy) is 2. The van der Waals surface area contributed by atoms with Crippen LogP contribution in [0.15, 0.2) is 61.2 Å². The quantitative estimate of drug-likeness (QED) is 0.315. The number of carbonyl (C=O) groups excluding carboxylic acids is 1. The minimum atomic E-state index is -0.314. The van der Waals surface area contributed by atoms with E-state index >= 15 is 0 Å². The molecule has 3 aliphatic carbocycles. The van der Waals surface area contributed by atoms with Crippen molar-refractivity contribution in [1.29, 1.82) is 0 Å². The van der Waals surface area contributed by atoms with E-state index in [0.717, 1.165) is 38.6 Å². The van der Waals surface area contributed by atoms with Crippen LogP contribution in [0.4, 0.5) is 5.69 Å². The van der Waals surface area contributed by atoms with Crippen LogP contribution >= 0.6 is 0 Å². The van der Waals surface area contributed by atoms with E-state index in [9.17, 15) is 9.90 Å². The minimum Gasteiger partial charge on any atom is -0.427 e. The van der Waals surface area contributed by atoms with Gasteiger partial charge in [0.15, 0.2) is 0 Å². The van der Waals surface area contributed by atoms with Gasteiger partial charge in [-0.25, -0.2) is 0 Å². The number of likely N-dealkylation sites (N-methyl/N-ethyl adjacent to an activating group) is 1. The maximum Gasteiger partial charge on any atom is 0.308 e. The van der Waals surface area contributed by atoms with E-state index in [0.29, 0.717) is 18.3 Å². The molecule has 5 heteroatoms. The molecular weight excluding hydrogens is 450 g/mol. The van der Waals surface area contributed by atoms with Crippen LogP contribution in [-0.4, -0.2) is 43.5 Å². The summed E-state index contributed by atoms with van der Waals surface area (Å²) in [4.78, 5) is 13.8. The first kappa shape index (κ1) is 25.0. The summed E-state index contributed by atoms with van der Waals surface area (Å²) in [5.41, 5.74) is 3.37. The van der Waals surface area contributed by atoms with Gasteiger partial charge in [0, 0.05) is 37.5 Å². The lowest BCUT2D eigenvalue weighted by molar-refractivity contribution is -0.132. The normalized spacial score (nSPS) is 32.7. The number of hydrogen-bond donors (Lipinski definition) is 1. The first-order chi connectivity index (χ1) is 17.3. The first-order valence-electron chi connectivity index (χ1n) is 13.3. The van der Waals surface area contributed by atoms with Crippen LogP contribution in [0.2, 0.25) is 0 Å². The average Bonchev–Trinajstić information content (AvgIpc) is 3.18. The Balaban J connectivity index is 1.46. The Labute approximate surface area is 215 Å². The van der Waals surface area contributed by atoms with E-state index in [2.05, 4.69) is 61.9 Å². The fraction of sp³-hybridized carbons (Fsp3) is 0.516. The molecule has 1 N–H and O–H groups in total. The molecular formula is C31H39NO4. The molecule has 0 amide bonds. The van der Waals surface area contributed by atoms with E-state index in [1.165, 1.54) is 23.7 Å². The molecule has 0 saturated heterocycles. The summed E-state index contributed by atoms with van der Waals surface area (Å²) >= 11 is 0. The maximum atomic E-state index is 11.5. The van der Waals surface area contributed by atoms with Crippen LogP contribution in [0.1, 0.15) is 56.6 Å². The van der Waals surface area contributed by atoms with Crippen molar-refractivity contribution in [1.82, 2.24) is 0 Å². The summed E-state index contributed by atoms with van der Waals surface area (Å²) in [5, 5.41) is 11.1. The van der Waals surface area contributed by atoms with Gasteiger partial charge in [0.2, 0.25) is 0 Å². The number of esters is 1. The van der Waals surface area contributed by atoms with Crippen molar-refractivity contribution >= 4 is 11.7 Å². The lowest BCUT2D eigenvalue weighted by Gasteiger charge is -2.59. The van der Waals surface area contributed by atoms with Crippen LogP contribution in [0, 0.1) is 16.7 Å². The predicted octanol–water partition coefficient (Wildman–Crippen LogP) is 5.52. The average molecular weight is 490 g/mol. The molecule has 0 bridgehead atoms. The van der Waals surface area contributed by atoms with Gasteiger partial charge in [-0.05, 0) is 78.8 Å². The molecule has 5 rings (SSSR count). The lowest BCUT2D eigenvalue weighted by Crippen LogP contribution is -2.56. The number of aliphatic hydroxyl groups excluding tert-OH is 1. The van der Waals surface area contributed by atoms with Crippen molar-refractivity contribution < 1.29 is 19.4 Å². The van der Waals surface area contributed by atoms with Crippen molar-refractivity contribution in [2.24, 2.45) is 16.7 Å². The molecule has 3 aliphatic rings. The second-order valence-electron chi connectivity index (χ2n) is 11.3. The third-order valence-electron chi connectivity index (χ3n) is 9.40. The summed E-state index contributed by atoms with van der Waals surface area (Å²) < 4.78 is 12.2. The standard InChI is InChI=1S/C31H39NO4/c1-5-31-16-15-22-19-24(36-21(2)33)11-12-25(22)29(31)26(20-30(3)27(31)13-14-28(30)34)35-18-17-32(4)23-9-7-6-8-10-23/h5-12,19,26-29,34H,1,13-18,20H2,2-4H3/t26-,27+,28-,29-,30-,31-/m0/s1. The van der Waals surface area contributed by atoms with Gasteiger partial charge in [-0.3, -0.25) is 4.79 Å². The maximum absolute atomic E-state index is 11.5. The molecule has 0 radical (unpaired) electrons. The summed E-state index contributed by atoms with van der Waals surface area (Å²) in [6, 6.07) is 16.4. The van der Waals surface area contributed by atoms with Gasteiger partial charge in [-0.2, -0.15) is 0 Å². The Morgan fingerprint density at radius 1 is 1.22 bits per heavy atom. The summed E-state index contributed by atoms with van der Waals surface area (Å²) in [5.74, 6) is 0.834. The van der Waals surface area contributed by atoms with Crippen molar-refractivity contribution in [2.75, 3.05) is 25.1 Å². The van der Waals surface area contributed by atoms with Gasteiger partial charge in [-0.15, -0.1) is 6.58 Å². The third-order valence-corrected chi connectivity index (χ3v) is 9.40. The number of fused-ring (bicyclic) bond motifs is 5. The number of aryl methyl sites for hydroxylation is 1. The molecule has 0 aromatic heterocycles. The smallest absolute Gasteiger partial charge is 0.308 e. The fourth-order valence-corrected chi connectivity index (χ4v) is 7.67. The molecule has 0 unspecified atom stereocenters. The molecule has 0 heterocycles. The van der Waals surface area contributed by atoms with E-state index in [1.807, 2.05) is 18.2 Å². The van der Waals surface area contributed by atoms with Crippen molar-refractivity contribution in [3.05, 3.63) is 72.3 Å². The van der Waals surface area contributed by atoms with Crippen LogP contribution in [0.3, 0.4) is 0 Å². The van der Waals surface area contributed by atoms with Gasteiger partial charge < -0.3 is 19.5 Å². The van der Waals surface area contributed by atoms with E-state index in [1.54, 1.807) is 0 Å². The van der Waals surface area contributed by atoms with Crippen LogP contribution < -0.4 is 9.64 Å². The molecule has 2 aromatic rings. The Morgan fingerprint density at radius 2 is 2.00 bits per heavy atom. The molecule has 0 spiro atoms. The largest absolute Gasteiger partial charge is 0.427 e. The van der Waals surface area contributed by atoms with Crippen molar-refractivity contribution in [3.63, 3.8) is 0 Å². The minimum absolute atomic E-state index is 0.0280. The number of nitrogens with zero attached hydrogens (tertiary/aromatic N) is 1. The van der Waals surface area contributed by atoms with E-state index < -0.39 is 0 Å². The molecule has 2 fully saturated rings. The first-order valence-corrected chi connectivity index (χ1v) is 13.3. The van der Waals surface area contributed by atoms with Gasteiger partial charge >= 0.3 is 5.97 Å². The molecule has 36 heavy (non-hydrogen) atoms. The van der Waals surface area contributed by atoms with Crippen LogP contribution in [0.5, 0.6) is 5.75 Å². The number of benzene rings is 2. The van der Waals surface area contributed by atoms with Crippen LogP contribution in [-0.2, 0) is 16.0 Å². The summed E-state index contributed by atoms with van der Waals surface area (Å²) in [6.07, 6.45) is 6.40. The zero-order valence-corrected chi connectivity index (χ0v) is 21.8. The molecule has 6 atom stereocenters. The number of aliphatic hydroxyl groups is 1. The van der Waals surface area contributed by atoms with E-state index in [4.69, 9.17) is 9.47 Å². The Kier molecular flexibility index (Phi) is 6.73. The highest BCUT2D eigenvalue weighted by Crippen LogP contribution is 2.68. The topological polar surface area (TPSA) is 59.0 Å². The van der Waals surface area contributed by atoms with Gasteiger partial charge in [0.1, 0.15) is 5.75 Å². The number of hydrogen-bond acceptors (Lipinski definition) is 5. The number of para-hydroxylation sites is 1. The zero-order chi connectivity index (χ0) is 25.5. The van der Waals surface area contributed by atoms with Crippen molar-refractivity contribution in [2.45, 2.75) is 64.1 Å². The molecule has 0 aliphatic heterocycles. The lowest BCUT2D eigenvalue weighted by atomic mass is 9.46. The predicted molar refractivity (Wildman–Crippen MR) is 142 cm³/mol. The van der Waals surface area contributed by atoms with Gasteiger partial charge in [0.05, 0.1) is 18.8 Å². The Morgan fingerprint density at radius 3 is 2.72 bits per heavy atom. The van der Waals surface area contributed by atoms with E-state index in [-0.39, 0.29) is 34.9 Å². The number of allylic oxidation sites excluding steroid dienone is 1. The SMILES string of the molecule is C=C[C@@]12CCc3cc(OC(C)=O)ccc3[C@H]1[C@@H](OCCN(C)c1ccccc1)C[C@@]1(C)[C@H]2CC[C@@H]1O. The molecule has 2 saturated carbocycles. The zero-order valence-electron chi connectivity index (χ0n) is 21.8. The molecule has 192 valence electrons. The highest BCUT2D eigenvalue weighted by atomic mass is 16.5. The highest BCUT2D eigenvalue weighted by Gasteiger charge is 2.64. The monoisotopic (exact) mass is 489 g/mol. The summed E-state index contributed by atoms with van der Waals surface area (Å²) in [6.45, 7) is 9.47. The van der Waals surface area contributed by atoms with Gasteiger partial charge in [0.25, 0.3) is 0 Å². The molecule has 2 aromatic carbocycles. The van der Waals surface area contributed by atoms with Crippen LogP contribution in [0.25, 0.3) is 0 Å². The number of rotatable bonds is 7. The molecule has 5 nitrogen and oxygen atoms in total. The highest BCUT2D eigenvalue weighted by molar-refractivity contribution is 5.69. The number of anilines is 1. The second kappa shape index (κ2) is 9.68. The fourth-order valence-electron chi connectivity index (χ4n) is 7.67. The van der Waals surface area contributed by atoms with Crippen molar-refractivity contribution in [3.8, 4) is 5.75 Å². The Hall–Kier alpha value is -2.63. The van der Waals surface area contributed by atoms with Gasteiger partial charge in [-0.1, -0.05) is 37.3 Å². The third kappa shape index (κ3) is 4.16. The second-order valence-corrected chi connectivity index (χ2v) is 11.3. The summed E-state index contributed by atoms with van der Waals surface area (Å²) in [7, 11) is 2.10.